The van der Waals surface area contributed by atoms with Crippen LogP contribution in [0.1, 0.15) is 26.2 Å². The zero-order valence-corrected chi connectivity index (χ0v) is 9.46. The second-order valence-corrected chi connectivity index (χ2v) is 4.50. The van der Waals surface area contributed by atoms with Crippen LogP contribution in [0.15, 0.2) is 0 Å². The second-order valence-electron chi connectivity index (χ2n) is 4.50. The summed E-state index contributed by atoms with van der Waals surface area (Å²) in [4.78, 5) is 11.3. The van der Waals surface area contributed by atoms with Crippen LogP contribution >= 0.6 is 0 Å². The lowest BCUT2D eigenvalue weighted by molar-refractivity contribution is -0.120. The molecule has 0 saturated heterocycles. The first-order valence-corrected chi connectivity index (χ1v) is 5.80. The van der Waals surface area contributed by atoms with E-state index in [9.17, 15) is 4.79 Å². The van der Waals surface area contributed by atoms with Crippen molar-refractivity contribution < 1.29 is 9.90 Å². The molecule has 15 heavy (non-hydrogen) atoms. The standard InChI is InChI=1S/C11H22N2O2/c1-9(4-5-14)6-13-11(15)8-12-7-10-2-3-10/h9-10,12,14H,2-8H2,1H3,(H,13,15). The normalized spacial score (nSPS) is 17.5. The molecule has 3 N–H and O–H groups in total. The minimum Gasteiger partial charge on any atom is -0.396 e. The average Bonchev–Trinajstić information content (AvgIpc) is 2.99. The summed E-state index contributed by atoms with van der Waals surface area (Å²) in [6, 6.07) is 0. The Balaban J connectivity index is 1.92. The van der Waals surface area contributed by atoms with Crippen molar-refractivity contribution in [2.75, 3.05) is 26.2 Å². The van der Waals surface area contributed by atoms with Gasteiger partial charge in [0.2, 0.25) is 5.91 Å². The smallest absolute Gasteiger partial charge is 0.233 e. The molecular weight excluding hydrogens is 192 g/mol. The Morgan fingerprint density at radius 2 is 2.27 bits per heavy atom. The minimum absolute atomic E-state index is 0.0560. The van der Waals surface area contributed by atoms with Gasteiger partial charge in [0.1, 0.15) is 0 Å². The molecule has 1 unspecified atom stereocenters. The summed E-state index contributed by atoms with van der Waals surface area (Å²) >= 11 is 0. The van der Waals surface area contributed by atoms with Crippen molar-refractivity contribution in [2.45, 2.75) is 26.2 Å². The zero-order valence-electron chi connectivity index (χ0n) is 9.46. The van der Waals surface area contributed by atoms with E-state index in [0.717, 1.165) is 18.9 Å². The van der Waals surface area contributed by atoms with Crippen LogP contribution < -0.4 is 10.6 Å². The summed E-state index contributed by atoms with van der Waals surface area (Å²) in [7, 11) is 0. The molecule has 1 saturated carbocycles. The van der Waals surface area contributed by atoms with Crippen LogP contribution in [0, 0.1) is 11.8 Å². The SMILES string of the molecule is CC(CCO)CNC(=O)CNCC1CC1. The van der Waals surface area contributed by atoms with Crippen molar-refractivity contribution in [3.63, 3.8) is 0 Å². The summed E-state index contributed by atoms with van der Waals surface area (Å²) in [5.41, 5.74) is 0. The van der Waals surface area contributed by atoms with Crippen LogP contribution in [0.2, 0.25) is 0 Å². The number of amides is 1. The fourth-order valence-electron chi connectivity index (χ4n) is 1.38. The number of carbonyl (C=O) groups excluding carboxylic acids is 1. The van der Waals surface area contributed by atoms with Gasteiger partial charge in [0.05, 0.1) is 6.54 Å². The molecule has 88 valence electrons. The van der Waals surface area contributed by atoms with E-state index in [1.807, 2.05) is 6.92 Å². The van der Waals surface area contributed by atoms with Crippen LogP contribution in [0.3, 0.4) is 0 Å². The summed E-state index contributed by atoms with van der Waals surface area (Å²) in [6.07, 6.45) is 3.36. The third-order valence-corrected chi connectivity index (χ3v) is 2.69. The van der Waals surface area contributed by atoms with Gasteiger partial charge in [-0.15, -0.1) is 0 Å². The molecule has 0 spiro atoms. The fraction of sp³-hybridized carbons (Fsp3) is 0.909. The van der Waals surface area contributed by atoms with E-state index in [-0.39, 0.29) is 12.5 Å². The van der Waals surface area contributed by atoms with Crippen LogP contribution in [-0.4, -0.2) is 37.3 Å². The molecule has 0 aromatic heterocycles. The monoisotopic (exact) mass is 214 g/mol. The number of rotatable bonds is 8. The van der Waals surface area contributed by atoms with Gasteiger partial charge in [-0.1, -0.05) is 6.92 Å². The maximum absolute atomic E-state index is 11.3. The highest BCUT2D eigenvalue weighted by Crippen LogP contribution is 2.27. The summed E-state index contributed by atoms with van der Waals surface area (Å²) < 4.78 is 0. The molecule has 0 aliphatic heterocycles. The van der Waals surface area contributed by atoms with E-state index >= 15 is 0 Å². The zero-order chi connectivity index (χ0) is 11.1. The van der Waals surface area contributed by atoms with Crippen molar-refractivity contribution >= 4 is 5.91 Å². The molecule has 0 bridgehead atoms. The van der Waals surface area contributed by atoms with Crippen LogP contribution in [0.4, 0.5) is 0 Å². The Hall–Kier alpha value is -0.610. The number of carbonyl (C=O) groups is 1. The molecule has 0 radical (unpaired) electrons. The van der Waals surface area contributed by atoms with Gasteiger partial charge in [0, 0.05) is 13.2 Å². The van der Waals surface area contributed by atoms with Crippen LogP contribution in [0.25, 0.3) is 0 Å². The molecule has 1 atom stereocenters. The van der Waals surface area contributed by atoms with Crippen molar-refractivity contribution in [2.24, 2.45) is 11.8 Å². The first-order valence-electron chi connectivity index (χ1n) is 5.80. The van der Waals surface area contributed by atoms with Crippen molar-refractivity contribution in [3.8, 4) is 0 Å². The molecule has 1 fully saturated rings. The van der Waals surface area contributed by atoms with Crippen molar-refractivity contribution in [3.05, 3.63) is 0 Å². The molecule has 1 amide bonds. The molecule has 4 nitrogen and oxygen atoms in total. The largest absolute Gasteiger partial charge is 0.396 e. The Bertz CT molecular complexity index is 193. The summed E-state index contributed by atoms with van der Waals surface area (Å²) in [5.74, 6) is 1.22. The van der Waals surface area contributed by atoms with E-state index < -0.39 is 0 Å². The molecular formula is C11H22N2O2. The van der Waals surface area contributed by atoms with Gasteiger partial charge >= 0.3 is 0 Å². The van der Waals surface area contributed by atoms with E-state index in [4.69, 9.17) is 5.11 Å². The lowest BCUT2D eigenvalue weighted by atomic mass is 10.1. The molecule has 0 aromatic rings. The molecule has 4 heteroatoms. The first kappa shape index (κ1) is 12.5. The van der Waals surface area contributed by atoms with Gasteiger partial charge in [-0.2, -0.15) is 0 Å². The summed E-state index contributed by atoms with van der Waals surface area (Å²) in [5, 5.41) is 14.7. The molecule has 1 rings (SSSR count). The van der Waals surface area contributed by atoms with Gasteiger partial charge in [0.15, 0.2) is 0 Å². The van der Waals surface area contributed by atoms with Crippen LogP contribution in [0.5, 0.6) is 0 Å². The highest BCUT2D eigenvalue weighted by atomic mass is 16.3. The lowest BCUT2D eigenvalue weighted by Gasteiger charge is -2.11. The van der Waals surface area contributed by atoms with Gasteiger partial charge < -0.3 is 15.7 Å². The molecule has 0 aromatic carbocycles. The lowest BCUT2D eigenvalue weighted by Crippen LogP contribution is -2.36. The third kappa shape index (κ3) is 6.47. The maximum Gasteiger partial charge on any atom is 0.233 e. The molecule has 0 heterocycles. The van der Waals surface area contributed by atoms with Gasteiger partial charge in [-0.25, -0.2) is 0 Å². The quantitative estimate of drug-likeness (QED) is 0.538. The average molecular weight is 214 g/mol. The second kappa shape index (κ2) is 6.80. The van der Waals surface area contributed by atoms with E-state index in [0.29, 0.717) is 19.0 Å². The first-order chi connectivity index (χ1) is 7.22. The van der Waals surface area contributed by atoms with Gasteiger partial charge in [0.25, 0.3) is 0 Å². The fourth-order valence-corrected chi connectivity index (χ4v) is 1.38. The van der Waals surface area contributed by atoms with Crippen molar-refractivity contribution in [1.82, 2.24) is 10.6 Å². The maximum atomic E-state index is 11.3. The number of nitrogens with one attached hydrogen (secondary N) is 2. The number of hydrogen-bond acceptors (Lipinski definition) is 3. The number of aliphatic hydroxyl groups excluding tert-OH is 1. The Morgan fingerprint density at radius 1 is 1.53 bits per heavy atom. The highest BCUT2D eigenvalue weighted by molar-refractivity contribution is 5.77. The number of hydrogen-bond donors (Lipinski definition) is 3. The predicted molar refractivity (Wildman–Crippen MR) is 59.5 cm³/mol. The topological polar surface area (TPSA) is 61.4 Å². The highest BCUT2D eigenvalue weighted by Gasteiger charge is 2.20. The molecule has 1 aliphatic carbocycles. The van der Waals surface area contributed by atoms with Crippen molar-refractivity contribution in [1.29, 1.82) is 0 Å². The van der Waals surface area contributed by atoms with E-state index in [2.05, 4.69) is 10.6 Å². The predicted octanol–water partition coefficient (Wildman–Crippen LogP) is 0.121. The molecule has 1 aliphatic rings. The van der Waals surface area contributed by atoms with E-state index in [1.165, 1.54) is 12.8 Å². The third-order valence-electron chi connectivity index (χ3n) is 2.69. The van der Waals surface area contributed by atoms with E-state index in [1.54, 1.807) is 0 Å². The number of aliphatic hydroxyl groups is 1. The van der Waals surface area contributed by atoms with Gasteiger partial charge in [-0.3, -0.25) is 4.79 Å². The van der Waals surface area contributed by atoms with Gasteiger partial charge in [-0.05, 0) is 37.6 Å². The summed E-state index contributed by atoms with van der Waals surface area (Å²) in [6.45, 7) is 4.26. The Kier molecular flexibility index (Phi) is 5.65. The Labute approximate surface area is 91.4 Å². The Morgan fingerprint density at radius 3 is 2.87 bits per heavy atom. The minimum atomic E-state index is 0.0560. The van der Waals surface area contributed by atoms with Crippen LogP contribution in [-0.2, 0) is 4.79 Å².